The maximum atomic E-state index is 13.5. The molecule has 36 heavy (non-hydrogen) atoms. The number of furan rings is 1. The third kappa shape index (κ3) is 5.83. The number of hydrogen-bond acceptors (Lipinski definition) is 7. The minimum atomic E-state index is -0.551. The summed E-state index contributed by atoms with van der Waals surface area (Å²) in [6.45, 7) is 4.50. The van der Waals surface area contributed by atoms with E-state index in [1.165, 1.54) is 29.2 Å². The zero-order valence-corrected chi connectivity index (χ0v) is 20.1. The number of fused-ring (bicyclic) bond motifs is 1. The standard InChI is InChI=1S/C26H27N3O7/c1-3-11-27(26(31)20-5-4-6-21(13-20)29(32)33)16-25(30)28(15-22-9-7-18(2)36-22)14-19-8-10-23-24(12-19)35-17-34-23/h4-10,12-13H,3,11,14-17H2,1-2H3. The molecular weight excluding hydrogens is 466 g/mol. The molecule has 0 aliphatic carbocycles. The van der Waals surface area contributed by atoms with Crippen molar-refractivity contribution in [3.8, 4) is 11.5 Å². The number of nitro groups is 1. The Bertz CT molecular complexity index is 1270. The molecule has 3 aromatic rings. The van der Waals surface area contributed by atoms with Gasteiger partial charge >= 0.3 is 0 Å². The minimum Gasteiger partial charge on any atom is -0.464 e. The van der Waals surface area contributed by atoms with Crippen LogP contribution in [0.25, 0.3) is 0 Å². The summed E-state index contributed by atoms with van der Waals surface area (Å²) in [6.07, 6.45) is 0.619. The van der Waals surface area contributed by atoms with Crippen molar-refractivity contribution in [2.75, 3.05) is 19.9 Å². The van der Waals surface area contributed by atoms with Crippen LogP contribution < -0.4 is 9.47 Å². The lowest BCUT2D eigenvalue weighted by Crippen LogP contribution is -2.42. The molecule has 188 valence electrons. The van der Waals surface area contributed by atoms with Gasteiger partial charge in [0, 0.05) is 30.8 Å². The molecule has 10 nitrogen and oxygen atoms in total. The van der Waals surface area contributed by atoms with Crippen LogP contribution in [0.4, 0.5) is 5.69 Å². The van der Waals surface area contributed by atoms with Gasteiger partial charge in [-0.25, -0.2) is 0 Å². The highest BCUT2D eigenvalue weighted by Crippen LogP contribution is 2.33. The number of ether oxygens (including phenoxy) is 2. The molecule has 0 atom stereocenters. The Kier molecular flexibility index (Phi) is 7.53. The third-order valence-electron chi connectivity index (χ3n) is 5.72. The number of benzene rings is 2. The molecule has 2 aromatic carbocycles. The van der Waals surface area contributed by atoms with Gasteiger partial charge in [0.15, 0.2) is 11.5 Å². The Morgan fingerprint density at radius 3 is 2.53 bits per heavy atom. The van der Waals surface area contributed by atoms with Crippen molar-refractivity contribution >= 4 is 17.5 Å². The maximum Gasteiger partial charge on any atom is 0.270 e. The highest BCUT2D eigenvalue weighted by molar-refractivity contribution is 5.97. The van der Waals surface area contributed by atoms with E-state index in [4.69, 9.17) is 13.9 Å². The molecule has 1 aliphatic heterocycles. The summed E-state index contributed by atoms with van der Waals surface area (Å²) in [5.41, 5.74) is 0.818. The molecule has 10 heteroatoms. The van der Waals surface area contributed by atoms with Gasteiger partial charge < -0.3 is 23.7 Å². The lowest BCUT2D eigenvalue weighted by Gasteiger charge is -2.27. The summed E-state index contributed by atoms with van der Waals surface area (Å²) in [6, 6.07) is 14.7. The predicted molar refractivity (Wildman–Crippen MR) is 130 cm³/mol. The van der Waals surface area contributed by atoms with Crippen LogP contribution in [0.2, 0.25) is 0 Å². The lowest BCUT2D eigenvalue weighted by molar-refractivity contribution is -0.384. The maximum absolute atomic E-state index is 13.5. The van der Waals surface area contributed by atoms with Crippen LogP contribution in [-0.2, 0) is 17.9 Å². The second-order valence-electron chi connectivity index (χ2n) is 8.48. The van der Waals surface area contributed by atoms with Gasteiger partial charge in [0.25, 0.3) is 11.6 Å². The first-order valence-electron chi connectivity index (χ1n) is 11.6. The van der Waals surface area contributed by atoms with Crippen LogP contribution in [0.15, 0.2) is 59.0 Å². The molecule has 4 rings (SSSR count). The smallest absolute Gasteiger partial charge is 0.270 e. The first-order chi connectivity index (χ1) is 17.3. The molecule has 0 N–H and O–H groups in total. The zero-order valence-electron chi connectivity index (χ0n) is 20.1. The Labute approximate surface area is 208 Å². The number of aryl methyl sites for hydroxylation is 1. The van der Waals surface area contributed by atoms with Gasteiger partial charge in [0.1, 0.15) is 18.1 Å². The number of rotatable bonds is 10. The molecule has 0 radical (unpaired) electrons. The van der Waals surface area contributed by atoms with Crippen molar-refractivity contribution in [3.63, 3.8) is 0 Å². The first kappa shape index (κ1) is 24.8. The number of amides is 2. The van der Waals surface area contributed by atoms with E-state index in [1.54, 1.807) is 11.0 Å². The molecule has 2 heterocycles. The molecule has 1 aromatic heterocycles. The fourth-order valence-corrected chi connectivity index (χ4v) is 3.97. The summed E-state index contributed by atoms with van der Waals surface area (Å²) in [4.78, 5) is 40.3. The number of non-ortho nitro benzene ring substituents is 1. The van der Waals surface area contributed by atoms with Crippen LogP contribution in [-0.4, -0.2) is 46.4 Å². The van der Waals surface area contributed by atoms with E-state index in [9.17, 15) is 19.7 Å². The van der Waals surface area contributed by atoms with Crippen LogP contribution in [0.3, 0.4) is 0 Å². The van der Waals surface area contributed by atoms with Crippen molar-refractivity contribution in [1.29, 1.82) is 0 Å². The molecule has 0 bridgehead atoms. The van der Waals surface area contributed by atoms with Gasteiger partial charge in [-0.1, -0.05) is 19.1 Å². The van der Waals surface area contributed by atoms with Crippen molar-refractivity contribution in [2.24, 2.45) is 0 Å². The number of carbonyl (C=O) groups is 2. The topological polar surface area (TPSA) is 115 Å². The molecule has 2 amide bonds. The third-order valence-corrected chi connectivity index (χ3v) is 5.72. The lowest BCUT2D eigenvalue weighted by atomic mass is 10.1. The SMILES string of the molecule is CCCN(CC(=O)N(Cc1ccc2c(c1)OCO2)Cc1ccc(C)o1)C(=O)c1cccc([N+](=O)[O-])c1. The molecule has 1 aliphatic rings. The average Bonchev–Trinajstić information content (AvgIpc) is 3.51. The monoisotopic (exact) mass is 493 g/mol. The van der Waals surface area contributed by atoms with E-state index in [0.29, 0.717) is 30.2 Å². The molecular formula is C26H27N3O7. The first-order valence-corrected chi connectivity index (χ1v) is 11.6. The second kappa shape index (κ2) is 10.9. The Morgan fingerprint density at radius 1 is 1.00 bits per heavy atom. The number of hydrogen-bond donors (Lipinski definition) is 0. The van der Waals surface area contributed by atoms with Crippen LogP contribution in [0.5, 0.6) is 11.5 Å². The highest BCUT2D eigenvalue weighted by atomic mass is 16.7. The van der Waals surface area contributed by atoms with Gasteiger partial charge in [-0.15, -0.1) is 0 Å². The van der Waals surface area contributed by atoms with Gasteiger partial charge in [-0.3, -0.25) is 19.7 Å². The van der Waals surface area contributed by atoms with E-state index in [1.807, 2.05) is 38.1 Å². The van der Waals surface area contributed by atoms with E-state index in [-0.39, 0.29) is 43.6 Å². The van der Waals surface area contributed by atoms with E-state index in [0.717, 1.165) is 11.3 Å². The van der Waals surface area contributed by atoms with E-state index >= 15 is 0 Å². The molecule has 0 unspecified atom stereocenters. The summed E-state index contributed by atoms with van der Waals surface area (Å²) in [5.74, 6) is 1.89. The zero-order chi connectivity index (χ0) is 25.7. The molecule has 0 fully saturated rings. The Morgan fingerprint density at radius 2 is 1.81 bits per heavy atom. The van der Waals surface area contributed by atoms with E-state index < -0.39 is 10.8 Å². The normalized spacial score (nSPS) is 11.8. The number of nitro benzene ring substituents is 1. The molecule has 0 saturated carbocycles. The second-order valence-corrected chi connectivity index (χ2v) is 8.48. The largest absolute Gasteiger partial charge is 0.464 e. The predicted octanol–water partition coefficient (Wildman–Crippen LogP) is 4.31. The van der Waals surface area contributed by atoms with Gasteiger partial charge in [0.05, 0.1) is 11.5 Å². The highest BCUT2D eigenvalue weighted by Gasteiger charge is 2.25. The van der Waals surface area contributed by atoms with Crippen molar-refractivity contribution in [3.05, 3.63) is 87.4 Å². The summed E-state index contributed by atoms with van der Waals surface area (Å²) in [5, 5.41) is 11.2. The van der Waals surface area contributed by atoms with Gasteiger partial charge in [0.2, 0.25) is 12.7 Å². The van der Waals surface area contributed by atoms with E-state index in [2.05, 4.69) is 0 Å². The van der Waals surface area contributed by atoms with Crippen molar-refractivity contribution in [1.82, 2.24) is 9.80 Å². The van der Waals surface area contributed by atoms with Gasteiger partial charge in [-0.05, 0) is 49.2 Å². The van der Waals surface area contributed by atoms with Crippen molar-refractivity contribution < 1.29 is 28.4 Å². The van der Waals surface area contributed by atoms with Gasteiger partial charge in [-0.2, -0.15) is 0 Å². The number of carbonyl (C=O) groups excluding carboxylic acids is 2. The number of nitrogens with zero attached hydrogens (tertiary/aromatic N) is 3. The summed E-state index contributed by atoms with van der Waals surface area (Å²) < 4.78 is 16.5. The van der Waals surface area contributed by atoms with Crippen LogP contribution in [0.1, 0.15) is 40.8 Å². The molecule has 0 saturated heterocycles. The Hall–Kier alpha value is -4.34. The Balaban J connectivity index is 1.55. The quantitative estimate of drug-likeness (QED) is 0.305. The summed E-state index contributed by atoms with van der Waals surface area (Å²) in [7, 11) is 0. The molecule has 0 spiro atoms. The average molecular weight is 494 g/mol. The summed E-state index contributed by atoms with van der Waals surface area (Å²) >= 11 is 0. The van der Waals surface area contributed by atoms with Crippen LogP contribution in [0, 0.1) is 17.0 Å². The van der Waals surface area contributed by atoms with Crippen molar-refractivity contribution in [2.45, 2.75) is 33.4 Å². The van der Waals surface area contributed by atoms with Crippen LogP contribution >= 0.6 is 0 Å². The fraction of sp³-hybridized carbons (Fsp3) is 0.308. The fourth-order valence-electron chi connectivity index (χ4n) is 3.97. The minimum absolute atomic E-state index is 0.152.